The molecule has 7 nitrogen and oxygen atoms in total. The molecule has 2 aromatic rings. The lowest BCUT2D eigenvalue weighted by atomic mass is 10.1. The Morgan fingerprint density at radius 1 is 1.39 bits per heavy atom. The fraction of sp³-hybridized carbons (Fsp3) is 0.0714. The van der Waals surface area contributed by atoms with Crippen LogP contribution >= 0.6 is 11.6 Å². The Morgan fingerprint density at radius 2 is 2.09 bits per heavy atom. The SMILES string of the molecule is COc1cc([N+](=O)[O-])c(C(=O)Nc2ccc(F)c(Cl)c2)cc1O. The second-order valence-corrected chi connectivity index (χ2v) is 4.79. The normalized spacial score (nSPS) is 10.2. The van der Waals surface area contributed by atoms with E-state index in [0.717, 1.165) is 24.3 Å². The van der Waals surface area contributed by atoms with Crippen LogP contribution in [0.3, 0.4) is 0 Å². The van der Waals surface area contributed by atoms with E-state index in [0.29, 0.717) is 0 Å². The van der Waals surface area contributed by atoms with Crippen molar-refractivity contribution in [2.24, 2.45) is 0 Å². The summed E-state index contributed by atoms with van der Waals surface area (Å²) in [6.07, 6.45) is 0. The minimum atomic E-state index is -0.864. The minimum Gasteiger partial charge on any atom is -0.504 e. The Balaban J connectivity index is 2.40. The number of phenolic OH excluding ortho intramolecular Hbond substituents is 1. The number of ether oxygens (including phenoxy) is 1. The molecule has 0 aromatic heterocycles. The molecule has 9 heteroatoms. The van der Waals surface area contributed by atoms with Gasteiger partial charge < -0.3 is 15.2 Å². The standard InChI is InChI=1S/C14H10ClFN2O5/c1-23-13-6-11(18(21)22)8(5-12(13)19)14(20)17-7-2-3-10(16)9(15)4-7/h2-6,19H,1H3,(H,17,20). The molecule has 0 atom stereocenters. The lowest BCUT2D eigenvalue weighted by Crippen LogP contribution is -2.14. The molecule has 0 fully saturated rings. The van der Waals surface area contributed by atoms with Gasteiger partial charge in [0.1, 0.15) is 11.4 Å². The Morgan fingerprint density at radius 3 is 2.65 bits per heavy atom. The smallest absolute Gasteiger partial charge is 0.286 e. The average molecular weight is 341 g/mol. The predicted molar refractivity (Wildman–Crippen MR) is 80.7 cm³/mol. The van der Waals surface area contributed by atoms with Crippen molar-refractivity contribution in [3.63, 3.8) is 0 Å². The first kappa shape index (κ1) is 16.5. The lowest BCUT2D eigenvalue weighted by molar-refractivity contribution is -0.385. The van der Waals surface area contributed by atoms with Gasteiger partial charge in [-0.05, 0) is 18.2 Å². The molecule has 0 unspecified atom stereocenters. The third kappa shape index (κ3) is 3.49. The van der Waals surface area contributed by atoms with Gasteiger partial charge in [0.25, 0.3) is 11.6 Å². The summed E-state index contributed by atoms with van der Waals surface area (Å²) in [6.45, 7) is 0. The number of hydrogen-bond acceptors (Lipinski definition) is 5. The molecule has 2 rings (SSSR count). The highest BCUT2D eigenvalue weighted by Crippen LogP contribution is 2.34. The fourth-order valence-corrected chi connectivity index (χ4v) is 2.01. The molecule has 0 saturated carbocycles. The molecule has 120 valence electrons. The van der Waals surface area contributed by atoms with Gasteiger partial charge in [0.15, 0.2) is 11.5 Å². The summed E-state index contributed by atoms with van der Waals surface area (Å²) in [5, 5.41) is 22.9. The van der Waals surface area contributed by atoms with Crippen LogP contribution in [0.1, 0.15) is 10.4 Å². The topological polar surface area (TPSA) is 102 Å². The van der Waals surface area contributed by atoms with Crippen LogP contribution in [0.25, 0.3) is 0 Å². The molecular weight excluding hydrogens is 331 g/mol. The van der Waals surface area contributed by atoms with Gasteiger partial charge in [-0.2, -0.15) is 0 Å². The number of hydrogen-bond donors (Lipinski definition) is 2. The Hall–Kier alpha value is -2.87. The van der Waals surface area contributed by atoms with Crippen molar-refractivity contribution in [1.29, 1.82) is 0 Å². The van der Waals surface area contributed by atoms with Crippen LogP contribution in [0.5, 0.6) is 11.5 Å². The lowest BCUT2D eigenvalue weighted by Gasteiger charge is -2.09. The Bertz CT molecular complexity index is 797. The van der Waals surface area contributed by atoms with E-state index in [1.807, 2.05) is 0 Å². The van der Waals surface area contributed by atoms with Gasteiger partial charge in [0.05, 0.1) is 23.1 Å². The number of rotatable bonds is 4. The zero-order valence-corrected chi connectivity index (χ0v) is 12.4. The van der Waals surface area contributed by atoms with Crippen molar-refractivity contribution in [2.45, 2.75) is 0 Å². The summed E-state index contributed by atoms with van der Waals surface area (Å²) in [6, 6.07) is 5.29. The molecule has 23 heavy (non-hydrogen) atoms. The summed E-state index contributed by atoms with van der Waals surface area (Å²) < 4.78 is 17.9. The van der Waals surface area contributed by atoms with Crippen molar-refractivity contribution in [3.8, 4) is 11.5 Å². The molecule has 0 bridgehead atoms. The summed E-state index contributed by atoms with van der Waals surface area (Å²) in [5.74, 6) is -2.10. The third-order valence-electron chi connectivity index (χ3n) is 2.92. The van der Waals surface area contributed by atoms with Crippen LogP contribution in [0, 0.1) is 15.9 Å². The molecular formula is C14H10ClFN2O5. The number of amides is 1. The number of carbonyl (C=O) groups excluding carboxylic acids is 1. The third-order valence-corrected chi connectivity index (χ3v) is 3.21. The molecule has 0 aliphatic rings. The van der Waals surface area contributed by atoms with Gasteiger partial charge in [-0.15, -0.1) is 0 Å². The number of nitro benzene ring substituents is 1. The number of halogens is 2. The van der Waals surface area contributed by atoms with Crippen molar-refractivity contribution in [2.75, 3.05) is 12.4 Å². The minimum absolute atomic E-state index is 0.141. The molecule has 2 aromatic carbocycles. The maximum absolute atomic E-state index is 13.1. The van der Waals surface area contributed by atoms with E-state index in [-0.39, 0.29) is 22.0 Å². The molecule has 2 N–H and O–H groups in total. The van der Waals surface area contributed by atoms with Crippen LogP contribution in [-0.2, 0) is 0 Å². The zero-order valence-electron chi connectivity index (χ0n) is 11.7. The van der Waals surface area contributed by atoms with Crippen molar-refractivity contribution in [3.05, 3.63) is 56.8 Å². The van der Waals surface area contributed by atoms with E-state index in [1.54, 1.807) is 0 Å². The van der Waals surface area contributed by atoms with E-state index < -0.39 is 28.1 Å². The predicted octanol–water partition coefficient (Wildman–Crippen LogP) is 3.35. The van der Waals surface area contributed by atoms with Gasteiger partial charge in [-0.1, -0.05) is 11.6 Å². The Labute approximate surface area is 134 Å². The number of nitrogens with one attached hydrogen (secondary N) is 1. The highest BCUT2D eigenvalue weighted by atomic mass is 35.5. The summed E-state index contributed by atoms with van der Waals surface area (Å²) in [7, 11) is 1.22. The van der Waals surface area contributed by atoms with Crippen LogP contribution in [-0.4, -0.2) is 23.0 Å². The summed E-state index contributed by atoms with van der Waals surface area (Å²) in [5.41, 5.74) is -0.787. The monoisotopic (exact) mass is 340 g/mol. The number of aromatic hydroxyl groups is 1. The first-order chi connectivity index (χ1) is 10.8. The molecule has 0 heterocycles. The van der Waals surface area contributed by atoms with E-state index in [4.69, 9.17) is 16.3 Å². The number of nitrogens with zero attached hydrogens (tertiary/aromatic N) is 1. The number of phenols is 1. The van der Waals surface area contributed by atoms with Gasteiger partial charge in [-0.3, -0.25) is 14.9 Å². The van der Waals surface area contributed by atoms with Gasteiger partial charge in [0.2, 0.25) is 0 Å². The maximum atomic E-state index is 13.1. The van der Waals surface area contributed by atoms with Gasteiger partial charge in [-0.25, -0.2) is 4.39 Å². The number of nitro groups is 1. The summed E-state index contributed by atoms with van der Waals surface area (Å²) >= 11 is 5.60. The summed E-state index contributed by atoms with van der Waals surface area (Å²) in [4.78, 5) is 22.5. The molecule has 0 radical (unpaired) electrons. The first-order valence-corrected chi connectivity index (χ1v) is 6.53. The average Bonchev–Trinajstić information content (AvgIpc) is 2.50. The largest absolute Gasteiger partial charge is 0.504 e. The highest BCUT2D eigenvalue weighted by Gasteiger charge is 2.24. The van der Waals surface area contributed by atoms with Crippen LogP contribution < -0.4 is 10.1 Å². The van der Waals surface area contributed by atoms with E-state index in [9.17, 15) is 24.4 Å². The van der Waals surface area contributed by atoms with E-state index >= 15 is 0 Å². The molecule has 0 aliphatic carbocycles. The maximum Gasteiger partial charge on any atom is 0.286 e. The van der Waals surface area contributed by atoms with Crippen molar-refractivity contribution in [1.82, 2.24) is 0 Å². The van der Waals surface area contributed by atoms with Gasteiger partial charge >= 0.3 is 0 Å². The van der Waals surface area contributed by atoms with Crippen LogP contribution in [0.15, 0.2) is 30.3 Å². The van der Waals surface area contributed by atoms with Crippen LogP contribution in [0.4, 0.5) is 15.8 Å². The fourth-order valence-electron chi connectivity index (χ4n) is 1.83. The molecule has 0 spiro atoms. The number of carbonyl (C=O) groups is 1. The van der Waals surface area contributed by atoms with Crippen molar-refractivity contribution >= 4 is 28.9 Å². The second-order valence-electron chi connectivity index (χ2n) is 4.38. The first-order valence-electron chi connectivity index (χ1n) is 6.15. The number of benzene rings is 2. The molecule has 0 saturated heterocycles. The molecule has 1 amide bonds. The van der Waals surface area contributed by atoms with E-state index in [1.165, 1.54) is 13.2 Å². The van der Waals surface area contributed by atoms with Crippen LogP contribution in [0.2, 0.25) is 5.02 Å². The van der Waals surface area contributed by atoms with Gasteiger partial charge in [0, 0.05) is 11.8 Å². The Kier molecular flexibility index (Phi) is 4.65. The number of anilines is 1. The van der Waals surface area contributed by atoms with E-state index in [2.05, 4.69) is 5.32 Å². The molecule has 0 aliphatic heterocycles. The highest BCUT2D eigenvalue weighted by molar-refractivity contribution is 6.31. The second kappa shape index (κ2) is 6.49. The van der Waals surface area contributed by atoms with Crippen molar-refractivity contribution < 1.29 is 24.0 Å². The quantitative estimate of drug-likeness (QED) is 0.656. The zero-order chi connectivity index (χ0) is 17.1. The number of methoxy groups -OCH3 is 1.